The zero-order valence-electron chi connectivity index (χ0n) is 12.3. The summed E-state index contributed by atoms with van der Waals surface area (Å²) in [6.07, 6.45) is 5.10. The fourth-order valence-corrected chi connectivity index (χ4v) is 3.08. The lowest BCUT2D eigenvalue weighted by Crippen LogP contribution is -2.38. The van der Waals surface area contributed by atoms with E-state index in [4.69, 9.17) is 0 Å². The van der Waals surface area contributed by atoms with Crippen LogP contribution in [0.15, 0.2) is 29.2 Å². The zero-order valence-corrected chi connectivity index (χ0v) is 13.1. The van der Waals surface area contributed by atoms with Gasteiger partial charge in [0.05, 0.1) is 4.90 Å². The van der Waals surface area contributed by atoms with Gasteiger partial charge >= 0.3 is 0 Å². The average Bonchev–Trinajstić information content (AvgIpc) is 2.46. The van der Waals surface area contributed by atoms with Gasteiger partial charge in [-0.15, -0.1) is 0 Å². The Balaban J connectivity index is 1.81. The molecule has 1 saturated heterocycles. The number of carbonyl (C=O) groups is 1. The molecule has 2 rings (SSSR count). The molecule has 0 aliphatic carbocycles. The third-order valence-electron chi connectivity index (χ3n) is 3.69. The van der Waals surface area contributed by atoms with E-state index < -0.39 is 9.84 Å². The van der Waals surface area contributed by atoms with Gasteiger partial charge in [0, 0.05) is 25.3 Å². The Morgan fingerprint density at radius 2 is 2.00 bits per heavy atom. The van der Waals surface area contributed by atoms with E-state index in [0.29, 0.717) is 17.9 Å². The Morgan fingerprint density at radius 3 is 2.57 bits per heavy atom. The lowest BCUT2D eigenvalue weighted by molar-refractivity contribution is -0.121. The summed E-state index contributed by atoms with van der Waals surface area (Å²) in [5.74, 6) is 0.0292. The molecule has 21 heavy (non-hydrogen) atoms. The van der Waals surface area contributed by atoms with Crippen LogP contribution in [0.25, 0.3) is 0 Å². The fraction of sp³-hybridized carbons (Fsp3) is 0.533. The van der Waals surface area contributed by atoms with Gasteiger partial charge in [-0.3, -0.25) is 4.79 Å². The molecular formula is C15H22N2O3S. The topological polar surface area (TPSA) is 75.3 Å². The van der Waals surface area contributed by atoms with Gasteiger partial charge in [-0.1, -0.05) is 18.6 Å². The molecule has 2 N–H and O–H groups in total. The van der Waals surface area contributed by atoms with Crippen LogP contribution in [0.2, 0.25) is 0 Å². The highest BCUT2D eigenvalue weighted by Crippen LogP contribution is 2.11. The van der Waals surface area contributed by atoms with Crippen LogP contribution in [0.3, 0.4) is 0 Å². The smallest absolute Gasteiger partial charge is 0.221 e. The summed E-state index contributed by atoms with van der Waals surface area (Å²) in [4.78, 5) is 12.2. The van der Waals surface area contributed by atoms with E-state index in [0.717, 1.165) is 18.5 Å². The van der Waals surface area contributed by atoms with E-state index in [2.05, 4.69) is 10.6 Å². The van der Waals surface area contributed by atoms with Gasteiger partial charge in [-0.05, 0) is 37.1 Å². The lowest BCUT2D eigenvalue weighted by atomic mass is 10.0. The van der Waals surface area contributed by atoms with Crippen LogP contribution in [-0.2, 0) is 21.2 Å². The van der Waals surface area contributed by atoms with Crippen molar-refractivity contribution < 1.29 is 13.2 Å². The van der Waals surface area contributed by atoms with Gasteiger partial charge in [0.1, 0.15) is 0 Å². The fourth-order valence-electron chi connectivity index (χ4n) is 2.45. The lowest BCUT2D eigenvalue weighted by Gasteiger charge is -2.22. The second-order valence-corrected chi connectivity index (χ2v) is 7.56. The minimum Gasteiger partial charge on any atom is -0.352 e. The summed E-state index contributed by atoms with van der Waals surface area (Å²) in [6.45, 7) is 1.42. The molecule has 1 unspecified atom stereocenters. The number of carbonyl (C=O) groups excluding carboxylic acids is 1. The van der Waals surface area contributed by atoms with Gasteiger partial charge < -0.3 is 10.6 Å². The third kappa shape index (κ3) is 5.13. The van der Waals surface area contributed by atoms with E-state index in [-0.39, 0.29) is 11.9 Å². The van der Waals surface area contributed by atoms with E-state index in [1.165, 1.54) is 19.1 Å². The predicted octanol–water partition coefficient (Wildman–Crippen LogP) is 1.24. The van der Waals surface area contributed by atoms with Crippen LogP contribution in [0.4, 0.5) is 0 Å². The molecule has 1 aliphatic heterocycles. The van der Waals surface area contributed by atoms with Crippen molar-refractivity contribution >= 4 is 15.7 Å². The van der Waals surface area contributed by atoms with Crippen LogP contribution in [0.1, 0.15) is 31.2 Å². The van der Waals surface area contributed by atoms with Crippen LogP contribution >= 0.6 is 0 Å². The van der Waals surface area contributed by atoms with Crippen LogP contribution in [0.5, 0.6) is 0 Å². The molecule has 1 atom stereocenters. The second-order valence-electron chi connectivity index (χ2n) is 5.54. The number of hydrogen-bond acceptors (Lipinski definition) is 4. The van der Waals surface area contributed by atoms with E-state index in [9.17, 15) is 13.2 Å². The molecular weight excluding hydrogens is 288 g/mol. The van der Waals surface area contributed by atoms with Crippen molar-refractivity contribution in [2.75, 3.05) is 12.8 Å². The molecule has 0 aromatic heterocycles. The SMILES string of the molecule is CS(=O)(=O)c1ccc(CNC(=O)CC2CCCCN2)cc1. The molecule has 1 aromatic carbocycles. The molecule has 116 valence electrons. The molecule has 1 amide bonds. The first-order valence-corrected chi connectivity index (χ1v) is 9.13. The normalized spacial score (nSPS) is 19.2. The number of benzene rings is 1. The van der Waals surface area contributed by atoms with Crippen molar-refractivity contribution in [3.8, 4) is 0 Å². The van der Waals surface area contributed by atoms with Crippen molar-refractivity contribution in [1.29, 1.82) is 0 Å². The average molecular weight is 310 g/mol. The van der Waals surface area contributed by atoms with E-state index in [1.54, 1.807) is 24.3 Å². The standard InChI is InChI=1S/C15H22N2O3S/c1-21(19,20)14-7-5-12(6-8-14)11-17-15(18)10-13-4-2-3-9-16-13/h5-8,13,16H,2-4,9-11H2,1H3,(H,17,18). The summed E-state index contributed by atoms with van der Waals surface area (Å²) in [6, 6.07) is 6.88. The maximum absolute atomic E-state index is 11.9. The van der Waals surface area contributed by atoms with Crippen molar-refractivity contribution in [2.24, 2.45) is 0 Å². The Morgan fingerprint density at radius 1 is 1.29 bits per heavy atom. The zero-order chi connectivity index (χ0) is 15.3. The highest BCUT2D eigenvalue weighted by atomic mass is 32.2. The number of nitrogens with one attached hydrogen (secondary N) is 2. The van der Waals surface area contributed by atoms with Crippen molar-refractivity contribution in [3.05, 3.63) is 29.8 Å². The maximum atomic E-state index is 11.9. The summed E-state index contributed by atoms with van der Waals surface area (Å²) in [7, 11) is -3.17. The first-order chi connectivity index (χ1) is 9.95. The van der Waals surface area contributed by atoms with E-state index >= 15 is 0 Å². The monoisotopic (exact) mass is 310 g/mol. The van der Waals surface area contributed by atoms with Gasteiger partial charge in [0.2, 0.25) is 5.91 Å². The van der Waals surface area contributed by atoms with Crippen molar-refractivity contribution in [1.82, 2.24) is 10.6 Å². The van der Waals surface area contributed by atoms with Gasteiger partial charge in [0.15, 0.2) is 9.84 Å². The molecule has 1 heterocycles. The molecule has 0 saturated carbocycles. The maximum Gasteiger partial charge on any atom is 0.221 e. The second kappa shape index (κ2) is 7.04. The molecule has 0 bridgehead atoms. The minimum absolute atomic E-state index is 0.0292. The largest absolute Gasteiger partial charge is 0.352 e. The highest BCUT2D eigenvalue weighted by Gasteiger charge is 2.16. The third-order valence-corrected chi connectivity index (χ3v) is 4.81. The molecule has 1 aromatic rings. The van der Waals surface area contributed by atoms with Crippen LogP contribution in [0, 0.1) is 0 Å². The molecule has 5 nitrogen and oxygen atoms in total. The summed E-state index contributed by atoms with van der Waals surface area (Å²) in [5.41, 5.74) is 0.896. The summed E-state index contributed by atoms with van der Waals surface area (Å²) >= 11 is 0. The predicted molar refractivity (Wildman–Crippen MR) is 81.7 cm³/mol. The van der Waals surface area contributed by atoms with Crippen LogP contribution in [-0.4, -0.2) is 33.2 Å². The summed E-state index contributed by atoms with van der Waals surface area (Å²) < 4.78 is 22.7. The van der Waals surface area contributed by atoms with E-state index in [1.807, 2.05) is 0 Å². The molecule has 1 fully saturated rings. The number of hydrogen-bond donors (Lipinski definition) is 2. The summed E-state index contributed by atoms with van der Waals surface area (Å²) in [5, 5.41) is 6.22. The molecule has 6 heteroatoms. The number of rotatable bonds is 5. The van der Waals surface area contributed by atoms with Gasteiger partial charge in [0.25, 0.3) is 0 Å². The quantitative estimate of drug-likeness (QED) is 0.858. The van der Waals surface area contributed by atoms with Crippen LogP contribution < -0.4 is 10.6 Å². The first kappa shape index (κ1) is 16.0. The Hall–Kier alpha value is -1.40. The Labute approximate surface area is 126 Å². The number of sulfone groups is 1. The Bertz CT molecular complexity index is 575. The molecule has 0 radical (unpaired) electrons. The molecule has 0 spiro atoms. The number of amides is 1. The minimum atomic E-state index is -3.17. The van der Waals surface area contributed by atoms with Gasteiger partial charge in [-0.2, -0.15) is 0 Å². The highest BCUT2D eigenvalue weighted by molar-refractivity contribution is 7.90. The molecule has 1 aliphatic rings. The van der Waals surface area contributed by atoms with Crippen molar-refractivity contribution in [3.63, 3.8) is 0 Å². The number of piperidine rings is 1. The Kier molecular flexibility index (Phi) is 5.36. The first-order valence-electron chi connectivity index (χ1n) is 7.24. The van der Waals surface area contributed by atoms with Crippen molar-refractivity contribution in [2.45, 2.75) is 43.2 Å². The van der Waals surface area contributed by atoms with Gasteiger partial charge in [-0.25, -0.2) is 8.42 Å².